The fourth-order valence-corrected chi connectivity index (χ4v) is 7.00. The molecule has 3 aliphatic rings. The highest BCUT2D eigenvalue weighted by molar-refractivity contribution is 7.89. The lowest BCUT2D eigenvalue weighted by Crippen LogP contribution is -2.48. The Balaban J connectivity index is 1.27. The Hall–Kier alpha value is -3.21. The van der Waals surface area contributed by atoms with E-state index in [1.165, 1.54) is 16.8 Å². The molecule has 0 saturated carbocycles. The highest BCUT2D eigenvalue weighted by Crippen LogP contribution is 2.32. The molecular formula is C29H36N6O3S. The number of morpholine rings is 1. The average molecular weight is 549 g/mol. The van der Waals surface area contributed by atoms with Gasteiger partial charge in [-0.3, -0.25) is 0 Å². The Morgan fingerprint density at radius 1 is 0.769 bits per heavy atom. The summed E-state index contributed by atoms with van der Waals surface area (Å²) in [6, 6.07) is 15.3. The zero-order valence-corrected chi connectivity index (χ0v) is 23.5. The van der Waals surface area contributed by atoms with Gasteiger partial charge < -0.3 is 19.4 Å². The second kappa shape index (κ2) is 10.7. The maximum atomic E-state index is 13.4. The third-order valence-electron chi connectivity index (χ3n) is 8.10. The predicted octanol–water partition coefficient (Wildman–Crippen LogP) is 3.00. The molecule has 10 heteroatoms. The molecule has 6 rings (SSSR count). The molecule has 0 spiro atoms. The largest absolute Gasteiger partial charge is 0.378 e. The molecular weight excluding hydrogens is 512 g/mol. The Labute approximate surface area is 231 Å². The Morgan fingerprint density at radius 2 is 1.49 bits per heavy atom. The van der Waals surface area contributed by atoms with Crippen LogP contribution in [-0.2, 0) is 27.7 Å². The van der Waals surface area contributed by atoms with Crippen LogP contribution in [0.4, 0.5) is 17.5 Å². The molecule has 2 aromatic carbocycles. The number of aromatic nitrogens is 2. The number of rotatable bonds is 5. The molecule has 0 unspecified atom stereocenters. The van der Waals surface area contributed by atoms with E-state index < -0.39 is 10.0 Å². The predicted molar refractivity (Wildman–Crippen MR) is 153 cm³/mol. The number of nitrogens with zero attached hydrogens (tertiary/aromatic N) is 6. The van der Waals surface area contributed by atoms with Crippen LogP contribution in [0.2, 0.25) is 0 Å². The van der Waals surface area contributed by atoms with Gasteiger partial charge in [-0.05, 0) is 49.2 Å². The average Bonchev–Trinajstić information content (AvgIpc) is 2.98. The summed E-state index contributed by atoms with van der Waals surface area (Å²) in [4.78, 5) is 17.4. The summed E-state index contributed by atoms with van der Waals surface area (Å²) >= 11 is 0. The molecule has 0 bridgehead atoms. The molecule has 1 aromatic heterocycles. The molecule has 39 heavy (non-hydrogen) atoms. The van der Waals surface area contributed by atoms with Crippen LogP contribution in [0.25, 0.3) is 0 Å². The van der Waals surface area contributed by atoms with Crippen LogP contribution >= 0.6 is 0 Å². The lowest BCUT2D eigenvalue weighted by molar-refractivity contribution is 0.122. The van der Waals surface area contributed by atoms with Gasteiger partial charge in [0.05, 0.1) is 23.8 Å². The van der Waals surface area contributed by atoms with Crippen molar-refractivity contribution in [1.29, 1.82) is 0 Å². The summed E-state index contributed by atoms with van der Waals surface area (Å²) in [6.07, 6.45) is 0.566. The minimum absolute atomic E-state index is 0.278. The fourth-order valence-electron chi connectivity index (χ4n) is 5.57. The van der Waals surface area contributed by atoms with Gasteiger partial charge in [0.25, 0.3) is 0 Å². The van der Waals surface area contributed by atoms with Crippen molar-refractivity contribution in [3.63, 3.8) is 0 Å². The van der Waals surface area contributed by atoms with E-state index in [0.29, 0.717) is 31.1 Å². The fraction of sp³-hybridized carbons (Fsp3) is 0.448. The number of anilines is 3. The topological polar surface area (TPSA) is 82.1 Å². The smallest absolute Gasteiger partial charge is 0.243 e. The Bertz CT molecular complexity index is 1430. The minimum Gasteiger partial charge on any atom is -0.378 e. The second-order valence-electron chi connectivity index (χ2n) is 10.5. The summed E-state index contributed by atoms with van der Waals surface area (Å²) in [5.74, 6) is 1.59. The number of aryl methyl sites for hydroxylation is 2. The van der Waals surface area contributed by atoms with Crippen molar-refractivity contribution < 1.29 is 13.2 Å². The zero-order chi connectivity index (χ0) is 27.0. The molecule has 206 valence electrons. The van der Waals surface area contributed by atoms with Gasteiger partial charge in [-0.25, -0.2) is 13.4 Å². The molecule has 3 aromatic rings. The summed E-state index contributed by atoms with van der Waals surface area (Å²) in [5.41, 5.74) is 5.76. The Kier molecular flexibility index (Phi) is 7.18. The van der Waals surface area contributed by atoms with E-state index in [2.05, 4.69) is 46.7 Å². The maximum absolute atomic E-state index is 13.4. The van der Waals surface area contributed by atoms with E-state index >= 15 is 0 Å². The zero-order valence-electron chi connectivity index (χ0n) is 22.7. The highest BCUT2D eigenvalue weighted by atomic mass is 32.2. The van der Waals surface area contributed by atoms with Gasteiger partial charge in [0.1, 0.15) is 5.82 Å². The standard InChI is InChI=1S/C29H36N6O3S/c1-22-8-9-24(20-23(22)2)32-12-14-34(15-13-32)29-30-27-10-11-35(39(36,37)25-6-4-3-5-7-25)21-26(27)28(31-29)33-16-18-38-19-17-33/h3-9,20H,10-19,21H2,1-2H3. The first-order chi connectivity index (χ1) is 18.9. The quantitative estimate of drug-likeness (QED) is 0.482. The number of hydrogen-bond acceptors (Lipinski definition) is 8. The normalized spacial score (nSPS) is 18.8. The van der Waals surface area contributed by atoms with Crippen LogP contribution < -0.4 is 14.7 Å². The van der Waals surface area contributed by atoms with Crippen molar-refractivity contribution in [3.8, 4) is 0 Å². The monoisotopic (exact) mass is 548 g/mol. The van der Waals surface area contributed by atoms with Crippen LogP contribution in [0.5, 0.6) is 0 Å². The van der Waals surface area contributed by atoms with Crippen molar-refractivity contribution in [2.45, 2.75) is 31.7 Å². The lowest BCUT2D eigenvalue weighted by Gasteiger charge is -2.38. The van der Waals surface area contributed by atoms with E-state index in [-0.39, 0.29) is 6.54 Å². The molecule has 0 aliphatic carbocycles. The molecule has 2 fully saturated rings. The van der Waals surface area contributed by atoms with Gasteiger partial charge in [0.15, 0.2) is 0 Å². The molecule has 4 heterocycles. The molecule has 0 atom stereocenters. The third kappa shape index (κ3) is 5.20. The number of ether oxygens (including phenoxy) is 1. The molecule has 2 saturated heterocycles. The van der Waals surface area contributed by atoms with Crippen molar-refractivity contribution in [1.82, 2.24) is 14.3 Å². The van der Waals surface area contributed by atoms with Gasteiger partial charge in [-0.2, -0.15) is 9.29 Å². The first-order valence-electron chi connectivity index (χ1n) is 13.7. The van der Waals surface area contributed by atoms with Gasteiger partial charge in [-0.1, -0.05) is 24.3 Å². The number of sulfonamides is 1. The van der Waals surface area contributed by atoms with Crippen LogP contribution in [0.3, 0.4) is 0 Å². The van der Waals surface area contributed by atoms with Crippen LogP contribution in [-0.4, -0.2) is 81.7 Å². The molecule has 0 N–H and O–H groups in total. The minimum atomic E-state index is -3.60. The SMILES string of the molecule is Cc1ccc(N2CCN(c3nc4c(c(N5CCOCC5)n3)CN(S(=O)(=O)c3ccccc3)CC4)CC2)cc1C. The molecule has 9 nitrogen and oxygen atoms in total. The van der Waals surface area contributed by atoms with E-state index in [4.69, 9.17) is 14.7 Å². The van der Waals surface area contributed by atoms with E-state index in [1.54, 1.807) is 28.6 Å². The van der Waals surface area contributed by atoms with E-state index in [9.17, 15) is 8.42 Å². The van der Waals surface area contributed by atoms with Crippen LogP contribution in [0, 0.1) is 13.8 Å². The maximum Gasteiger partial charge on any atom is 0.243 e. The number of fused-ring (bicyclic) bond motifs is 1. The van der Waals surface area contributed by atoms with Gasteiger partial charge in [0.2, 0.25) is 16.0 Å². The highest BCUT2D eigenvalue weighted by Gasteiger charge is 2.33. The van der Waals surface area contributed by atoms with Gasteiger partial charge >= 0.3 is 0 Å². The molecule has 0 amide bonds. The number of piperazine rings is 1. The Morgan fingerprint density at radius 3 is 2.21 bits per heavy atom. The third-order valence-corrected chi connectivity index (χ3v) is 9.96. The van der Waals surface area contributed by atoms with Crippen molar-refractivity contribution in [2.75, 3.05) is 73.7 Å². The molecule has 0 radical (unpaired) electrons. The second-order valence-corrected chi connectivity index (χ2v) is 12.5. The van der Waals surface area contributed by atoms with Crippen molar-refractivity contribution >= 4 is 27.5 Å². The summed E-state index contributed by atoms with van der Waals surface area (Å²) < 4.78 is 34.0. The van der Waals surface area contributed by atoms with Gasteiger partial charge in [0, 0.05) is 70.0 Å². The van der Waals surface area contributed by atoms with E-state index in [1.807, 2.05) is 6.07 Å². The van der Waals surface area contributed by atoms with Crippen molar-refractivity contribution in [2.24, 2.45) is 0 Å². The number of benzene rings is 2. The summed E-state index contributed by atoms with van der Waals surface area (Å²) in [5, 5.41) is 0. The first-order valence-corrected chi connectivity index (χ1v) is 15.2. The van der Waals surface area contributed by atoms with Crippen LogP contribution in [0.15, 0.2) is 53.4 Å². The number of hydrogen-bond donors (Lipinski definition) is 0. The van der Waals surface area contributed by atoms with Crippen molar-refractivity contribution in [3.05, 3.63) is 70.9 Å². The summed E-state index contributed by atoms with van der Waals surface area (Å²) in [7, 11) is -3.60. The van der Waals surface area contributed by atoms with Gasteiger partial charge in [-0.15, -0.1) is 0 Å². The molecule has 3 aliphatic heterocycles. The summed E-state index contributed by atoms with van der Waals surface area (Å²) in [6.45, 7) is 11.2. The lowest BCUT2D eigenvalue weighted by atomic mass is 10.1. The first kappa shape index (κ1) is 26.0. The van der Waals surface area contributed by atoms with Crippen LogP contribution in [0.1, 0.15) is 22.4 Å². The van der Waals surface area contributed by atoms with E-state index in [0.717, 1.165) is 62.3 Å².